The maximum atomic E-state index is 2.42. The number of aromatic nitrogens is 1. The Morgan fingerprint density at radius 2 is 0.880 bits per heavy atom. The second-order valence-corrected chi connectivity index (χ2v) is 13.1. The highest BCUT2D eigenvalue weighted by Crippen LogP contribution is 2.39. The monoisotopic (exact) mass is 636 g/mol. The van der Waals surface area contributed by atoms with Gasteiger partial charge in [0.2, 0.25) is 0 Å². The highest BCUT2D eigenvalue weighted by Gasteiger charge is 2.16. The SMILES string of the molecule is c1ccc(N(c2ccc(-c3ccc4ccccc4c3)cc2)c2ccc3ccc(-n4c5ccccc5c5cc6ccccc6cc54)cc3c2)cc1. The summed E-state index contributed by atoms with van der Waals surface area (Å²) in [7, 11) is 0. The molecule has 0 saturated carbocycles. The van der Waals surface area contributed by atoms with Crippen molar-refractivity contribution in [3.05, 3.63) is 194 Å². The van der Waals surface area contributed by atoms with Crippen LogP contribution in [-0.4, -0.2) is 4.57 Å². The van der Waals surface area contributed by atoms with E-state index in [-0.39, 0.29) is 0 Å². The lowest BCUT2D eigenvalue weighted by Gasteiger charge is -2.26. The maximum absolute atomic E-state index is 2.42. The minimum Gasteiger partial charge on any atom is -0.310 e. The molecule has 0 saturated heterocycles. The van der Waals surface area contributed by atoms with Gasteiger partial charge in [0, 0.05) is 33.5 Å². The van der Waals surface area contributed by atoms with Crippen molar-refractivity contribution < 1.29 is 0 Å². The van der Waals surface area contributed by atoms with Crippen molar-refractivity contribution >= 4 is 71.2 Å². The fourth-order valence-corrected chi connectivity index (χ4v) is 7.63. The van der Waals surface area contributed by atoms with E-state index in [1.165, 1.54) is 65.3 Å². The van der Waals surface area contributed by atoms with Gasteiger partial charge in [0.1, 0.15) is 0 Å². The van der Waals surface area contributed by atoms with Gasteiger partial charge in [-0.05, 0) is 116 Å². The third-order valence-corrected chi connectivity index (χ3v) is 10.1. The molecule has 234 valence electrons. The fraction of sp³-hybridized carbons (Fsp3) is 0. The minimum atomic E-state index is 1.12. The Hall–Kier alpha value is -6.64. The second-order valence-electron chi connectivity index (χ2n) is 13.1. The van der Waals surface area contributed by atoms with E-state index in [1.54, 1.807) is 0 Å². The molecule has 0 aliphatic heterocycles. The van der Waals surface area contributed by atoms with Gasteiger partial charge in [-0.1, -0.05) is 121 Å². The molecule has 0 aliphatic rings. The van der Waals surface area contributed by atoms with Crippen LogP contribution in [0.25, 0.3) is 70.9 Å². The van der Waals surface area contributed by atoms with Gasteiger partial charge in [0.05, 0.1) is 11.0 Å². The van der Waals surface area contributed by atoms with Gasteiger partial charge in [-0.15, -0.1) is 0 Å². The van der Waals surface area contributed by atoms with Crippen molar-refractivity contribution in [3.63, 3.8) is 0 Å². The maximum Gasteiger partial charge on any atom is 0.0547 e. The molecule has 50 heavy (non-hydrogen) atoms. The molecule has 9 aromatic carbocycles. The molecule has 0 bridgehead atoms. The third-order valence-electron chi connectivity index (χ3n) is 10.1. The lowest BCUT2D eigenvalue weighted by atomic mass is 10.0. The summed E-state index contributed by atoms with van der Waals surface area (Å²) >= 11 is 0. The zero-order valence-corrected chi connectivity index (χ0v) is 27.4. The Morgan fingerprint density at radius 3 is 1.70 bits per heavy atom. The average molecular weight is 637 g/mol. The summed E-state index contributed by atoms with van der Waals surface area (Å²) in [6.45, 7) is 0. The van der Waals surface area contributed by atoms with E-state index in [2.05, 4.69) is 204 Å². The van der Waals surface area contributed by atoms with Crippen LogP contribution in [0, 0.1) is 0 Å². The summed E-state index contributed by atoms with van der Waals surface area (Å²) in [5.41, 5.74) is 9.37. The molecule has 0 spiro atoms. The van der Waals surface area contributed by atoms with Crippen molar-refractivity contribution in [2.75, 3.05) is 4.90 Å². The van der Waals surface area contributed by atoms with Gasteiger partial charge in [0.25, 0.3) is 0 Å². The standard InChI is InChI=1S/C48H32N2/c1-2-14-41(15-3-1)49(42-24-20-34(21-25-42)39-19-18-33-10-4-5-11-36(33)28-39)43-26-22-35-23-27-44(30-40(35)29-43)50-47-17-9-8-16-45(47)46-31-37-12-6-7-13-38(37)32-48(46)50/h1-32H. The van der Waals surface area contributed by atoms with E-state index in [0.29, 0.717) is 0 Å². The van der Waals surface area contributed by atoms with E-state index < -0.39 is 0 Å². The predicted molar refractivity (Wildman–Crippen MR) is 213 cm³/mol. The first-order chi connectivity index (χ1) is 24.8. The minimum absolute atomic E-state index is 1.12. The number of rotatable bonds is 5. The van der Waals surface area contributed by atoms with Crippen LogP contribution in [0.1, 0.15) is 0 Å². The Bertz CT molecular complexity index is 2860. The molecule has 0 aliphatic carbocycles. The first-order valence-corrected chi connectivity index (χ1v) is 17.2. The zero-order chi connectivity index (χ0) is 33.0. The number of anilines is 3. The normalized spacial score (nSPS) is 11.6. The van der Waals surface area contributed by atoms with Crippen LogP contribution in [0.15, 0.2) is 194 Å². The van der Waals surface area contributed by atoms with Crippen LogP contribution in [0.2, 0.25) is 0 Å². The molecule has 1 aromatic heterocycles. The summed E-state index contributed by atoms with van der Waals surface area (Å²) in [4.78, 5) is 2.35. The molecule has 2 heteroatoms. The Balaban J connectivity index is 1.10. The summed E-state index contributed by atoms with van der Waals surface area (Å²) < 4.78 is 2.42. The second kappa shape index (κ2) is 11.5. The molecule has 0 atom stereocenters. The molecule has 0 N–H and O–H groups in total. The van der Waals surface area contributed by atoms with Gasteiger partial charge >= 0.3 is 0 Å². The molecule has 10 aromatic rings. The van der Waals surface area contributed by atoms with E-state index in [4.69, 9.17) is 0 Å². The van der Waals surface area contributed by atoms with Crippen LogP contribution < -0.4 is 4.90 Å². The van der Waals surface area contributed by atoms with Gasteiger partial charge in [-0.25, -0.2) is 0 Å². The first kappa shape index (κ1) is 28.4. The van der Waals surface area contributed by atoms with Gasteiger partial charge in [-0.3, -0.25) is 0 Å². The van der Waals surface area contributed by atoms with Crippen LogP contribution in [0.5, 0.6) is 0 Å². The van der Waals surface area contributed by atoms with E-state index in [0.717, 1.165) is 22.7 Å². The first-order valence-electron chi connectivity index (χ1n) is 17.2. The average Bonchev–Trinajstić information content (AvgIpc) is 3.50. The largest absolute Gasteiger partial charge is 0.310 e. The quantitative estimate of drug-likeness (QED) is 0.182. The Morgan fingerprint density at radius 1 is 0.300 bits per heavy atom. The summed E-state index contributed by atoms with van der Waals surface area (Å²) in [5, 5.41) is 9.97. The highest BCUT2D eigenvalue weighted by molar-refractivity contribution is 6.13. The molecule has 1 heterocycles. The highest BCUT2D eigenvalue weighted by atomic mass is 15.1. The molecule has 0 radical (unpaired) electrons. The lowest BCUT2D eigenvalue weighted by Crippen LogP contribution is -2.09. The van der Waals surface area contributed by atoms with Crippen LogP contribution in [-0.2, 0) is 0 Å². The van der Waals surface area contributed by atoms with Gasteiger partial charge in [0.15, 0.2) is 0 Å². The topological polar surface area (TPSA) is 8.17 Å². The van der Waals surface area contributed by atoms with E-state index in [9.17, 15) is 0 Å². The number of hydrogen-bond acceptors (Lipinski definition) is 1. The summed E-state index contributed by atoms with van der Waals surface area (Å²) in [6.07, 6.45) is 0. The predicted octanol–water partition coefficient (Wildman–Crippen LogP) is 13.4. The fourth-order valence-electron chi connectivity index (χ4n) is 7.63. The van der Waals surface area contributed by atoms with Crippen molar-refractivity contribution in [1.29, 1.82) is 0 Å². The third kappa shape index (κ3) is 4.73. The Labute approximate surface area is 290 Å². The van der Waals surface area contributed by atoms with Crippen molar-refractivity contribution in [1.82, 2.24) is 4.57 Å². The van der Waals surface area contributed by atoms with Gasteiger partial charge in [-0.2, -0.15) is 0 Å². The molecule has 2 nitrogen and oxygen atoms in total. The van der Waals surface area contributed by atoms with Crippen LogP contribution in [0.4, 0.5) is 17.1 Å². The smallest absolute Gasteiger partial charge is 0.0547 e. The molecule has 0 fully saturated rings. The van der Waals surface area contributed by atoms with E-state index in [1.807, 2.05) is 0 Å². The zero-order valence-electron chi connectivity index (χ0n) is 27.4. The molecule has 0 unspecified atom stereocenters. The van der Waals surface area contributed by atoms with Crippen molar-refractivity contribution in [2.45, 2.75) is 0 Å². The number of benzene rings is 9. The molecular formula is C48H32N2. The number of hydrogen-bond donors (Lipinski definition) is 0. The molecular weight excluding hydrogens is 605 g/mol. The van der Waals surface area contributed by atoms with Crippen molar-refractivity contribution in [3.8, 4) is 16.8 Å². The Kier molecular flexibility index (Phi) is 6.53. The number of para-hydroxylation sites is 2. The number of fused-ring (bicyclic) bond motifs is 6. The van der Waals surface area contributed by atoms with Crippen molar-refractivity contribution in [2.24, 2.45) is 0 Å². The van der Waals surface area contributed by atoms with Crippen LogP contribution >= 0.6 is 0 Å². The molecule has 0 amide bonds. The van der Waals surface area contributed by atoms with Crippen LogP contribution in [0.3, 0.4) is 0 Å². The number of nitrogens with zero attached hydrogens (tertiary/aromatic N) is 2. The summed E-state index contributed by atoms with van der Waals surface area (Å²) in [6, 6.07) is 70.6. The van der Waals surface area contributed by atoms with E-state index >= 15 is 0 Å². The van der Waals surface area contributed by atoms with Gasteiger partial charge < -0.3 is 9.47 Å². The lowest BCUT2D eigenvalue weighted by molar-refractivity contribution is 1.19. The molecule has 10 rings (SSSR count). The summed E-state index contributed by atoms with van der Waals surface area (Å²) in [5.74, 6) is 0.